The van der Waals surface area contributed by atoms with E-state index in [4.69, 9.17) is 4.74 Å². The molecule has 0 amide bonds. The number of aromatic nitrogens is 3. The molecule has 0 radical (unpaired) electrons. The maximum atomic E-state index is 13.2. The summed E-state index contributed by atoms with van der Waals surface area (Å²) in [6.45, 7) is 3.86. The van der Waals surface area contributed by atoms with Crippen molar-refractivity contribution in [1.82, 2.24) is 19.9 Å². The molecule has 10 heteroatoms. The van der Waals surface area contributed by atoms with Crippen LogP contribution in [0, 0.1) is 5.41 Å². The van der Waals surface area contributed by atoms with Gasteiger partial charge in [0.2, 0.25) is 5.60 Å². The number of esters is 1. The molecule has 8 nitrogen and oxygen atoms in total. The van der Waals surface area contributed by atoms with Crippen LogP contribution in [0.15, 0.2) is 53.2 Å². The Bertz CT molecular complexity index is 1370. The largest absolute Gasteiger partial charge is 0.460 e. The molecule has 6 rings (SSSR count). The quantitative estimate of drug-likeness (QED) is 0.242. The summed E-state index contributed by atoms with van der Waals surface area (Å²) in [6, 6.07) is 12.7. The van der Waals surface area contributed by atoms with Gasteiger partial charge in [0.25, 0.3) is 0 Å². The summed E-state index contributed by atoms with van der Waals surface area (Å²) in [7, 11) is 0. The number of benzene rings is 1. The molecule has 1 saturated heterocycles. The maximum Gasteiger partial charge on any atom is 0.349 e. The van der Waals surface area contributed by atoms with Crippen LogP contribution in [0.3, 0.4) is 0 Å². The summed E-state index contributed by atoms with van der Waals surface area (Å²) in [5.74, 6) is -0.567. The smallest absolute Gasteiger partial charge is 0.349 e. The van der Waals surface area contributed by atoms with Gasteiger partial charge in [-0.05, 0) is 98.2 Å². The second-order valence-corrected chi connectivity index (χ2v) is 12.4. The molecule has 1 N–H and O–H groups in total. The molecular weight excluding hydrogens is 520 g/mol. The molecule has 2 aliphatic rings. The number of carbonyl (C=O) groups is 2. The van der Waals surface area contributed by atoms with Crippen LogP contribution < -0.4 is 0 Å². The fourth-order valence-corrected chi connectivity index (χ4v) is 7.56. The number of ether oxygens (including phenoxy) is 1. The minimum absolute atomic E-state index is 0.138. The number of hydrogen-bond donors (Lipinski definition) is 1. The topological polar surface area (TPSA) is 97.5 Å². The Hall–Kier alpha value is -2.92. The number of hydrogen-bond acceptors (Lipinski definition) is 9. The highest BCUT2D eigenvalue weighted by molar-refractivity contribution is 7.12. The monoisotopic (exact) mass is 550 g/mol. The van der Waals surface area contributed by atoms with Gasteiger partial charge in [0.1, 0.15) is 17.9 Å². The molecule has 4 heterocycles. The van der Waals surface area contributed by atoms with Crippen LogP contribution in [0.1, 0.15) is 52.2 Å². The van der Waals surface area contributed by atoms with Crippen molar-refractivity contribution in [2.24, 2.45) is 5.41 Å². The second kappa shape index (κ2) is 10.3. The van der Waals surface area contributed by atoms with E-state index >= 15 is 0 Å². The molecule has 1 aliphatic carbocycles. The molecular formula is C28H30N4O4S2. The zero-order chi connectivity index (χ0) is 26.2. The van der Waals surface area contributed by atoms with E-state index in [0.29, 0.717) is 15.3 Å². The van der Waals surface area contributed by atoms with Gasteiger partial charge in [0.05, 0.1) is 15.3 Å². The van der Waals surface area contributed by atoms with Gasteiger partial charge < -0.3 is 14.7 Å². The van der Waals surface area contributed by atoms with Crippen molar-refractivity contribution >= 4 is 46.0 Å². The molecule has 2 fully saturated rings. The Morgan fingerprint density at radius 2 is 1.82 bits per heavy atom. The molecule has 1 spiro atoms. The van der Waals surface area contributed by atoms with Crippen molar-refractivity contribution in [3.63, 3.8) is 0 Å². The van der Waals surface area contributed by atoms with E-state index in [0.717, 1.165) is 75.6 Å². The number of likely N-dealkylation sites (tertiary alicyclic amines) is 1. The van der Waals surface area contributed by atoms with Gasteiger partial charge in [-0.1, -0.05) is 17.3 Å². The van der Waals surface area contributed by atoms with Crippen LogP contribution in [0.5, 0.6) is 0 Å². The Labute approximate surface area is 228 Å². The van der Waals surface area contributed by atoms with Gasteiger partial charge in [-0.2, -0.15) is 0 Å². The fraction of sp³-hybridized carbons (Fsp3) is 0.429. The lowest BCUT2D eigenvalue weighted by molar-refractivity contribution is -0.181. The van der Waals surface area contributed by atoms with Crippen molar-refractivity contribution in [2.45, 2.75) is 50.4 Å². The van der Waals surface area contributed by atoms with E-state index in [1.165, 1.54) is 22.7 Å². The Kier molecular flexibility index (Phi) is 6.90. The Balaban J connectivity index is 0.977. The fourth-order valence-electron chi connectivity index (χ4n) is 5.85. The lowest BCUT2D eigenvalue weighted by Gasteiger charge is -2.51. The molecule has 38 heavy (non-hydrogen) atoms. The minimum Gasteiger partial charge on any atom is -0.460 e. The van der Waals surface area contributed by atoms with Gasteiger partial charge in [-0.3, -0.25) is 4.79 Å². The number of aldehydes is 1. The zero-order valence-electron chi connectivity index (χ0n) is 21.0. The first-order valence-electron chi connectivity index (χ1n) is 13.0. The van der Waals surface area contributed by atoms with Crippen molar-refractivity contribution in [2.75, 3.05) is 19.6 Å². The lowest BCUT2D eigenvalue weighted by Crippen LogP contribution is -2.52. The van der Waals surface area contributed by atoms with Gasteiger partial charge in [0, 0.05) is 12.1 Å². The van der Waals surface area contributed by atoms with Crippen molar-refractivity contribution in [3.05, 3.63) is 68.5 Å². The highest BCUT2D eigenvalue weighted by atomic mass is 32.1. The van der Waals surface area contributed by atoms with E-state index < -0.39 is 11.6 Å². The SMILES string of the molecule is O=Cc1ccc2c(c1)nnn2CCCN1CCC2(CC1)CC(OC(=O)C(O)(c1cccs1)c1cccs1)C2. The summed E-state index contributed by atoms with van der Waals surface area (Å²) in [6.07, 6.45) is 5.60. The van der Waals surface area contributed by atoms with Crippen molar-refractivity contribution in [3.8, 4) is 0 Å². The van der Waals surface area contributed by atoms with Crippen LogP contribution in [0.2, 0.25) is 0 Å². The van der Waals surface area contributed by atoms with Crippen LogP contribution in [0.4, 0.5) is 0 Å². The first kappa shape index (κ1) is 25.4. The number of aryl methyl sites for hydroxylation is 1. The molecule has 3 aromatic heterocycles. The summed E-state index contributed by atoms with van der Waals surface area (Å²) >= 11 is 2.73. The van der Waals surface area contributed by atoms with Crippen LogP contribution in [-0.4, -0.2) is 63.0 Å². The summed E-state index contributed by atoms with van der Waals surface area (Å²) < 4.78 is 7.80. The van der Waals surface area contributed by atoms with Crippen molar-refractivity contribution in [1.29, 1.82) is 0 Å². The summed E-state index contributed by atoms with van der Waals surface area (Å²) in [4.78, 5) is 27.9. The van der Waals surface area contributed by atoms with Crippen LogP contribution >= 0.6 is 22.7 Å². The van der Waals surface area contributed by atoms with E-state index in [2.05, 4.69) is 15.2 Å². The average molecular weight is 551 g/mol. The van der Waals surface area contributed by atoms with Crippen LogP contribution in [0.25, 0.3) is 11.0 Å². The standard InChI is InChI=1S/C28H30N4O4S2/c33-19-20-6-7-23-22(16-20)29-30-32(23)11-3-10-31-12-8-27(9-13-31)17-21(18-27)36-26(34)28(35,24-4-1-14-37-24)25-5-2-15-38-25/h1-2,4-7,14-16,19,21,35H,3,8-13,17-18H2. The number of nitrogens with zero attached hydrogens (tertiary/aromatic N) is 4. The third-order valence-corrected chi connectivity index (χ3v) is 10.0. The molecule has 1 saturated carbocycles. The molecule has 4 aromatic rings. The number of thiophene rings is 2. The van der Waals surface area contributed by atoms with E-state index in [-0.39, 0.29) is 11.5 Å². The highest BCUT2D eigenvalue weighted by Gasteiger charge is 2.51. The normalized spacial score (nSPS) is 18.0. The maximum absolute atomic E-state index is 13.2. The Morgan fingerprint density at radius 3 is 2.45 bits per heavy atom. The number of carbonyl (C=O) groups excluding carboxylic acids is 2. The molecule has 1 aliphatic heterocycles. The average Bonchev–Trinajstić information content (AvgIpc) is 3.71. The molecule has 0 bridgehead atoms. The second-order valence-electron chi connectivity index (χ2n) is 10.5. The highest BCUT2D eigenvalue weighted by Crippen LogP contribution is 2.51. The first-order valence-corrected chi connectivity index (χ1v) is 14.8. The Morgan fingerprint density at radius 1 is 1.11 bits per heavy atom. The molecule has 198 valence electrons. The van der Waals surface area contributed by atoms with Gasteiger partial charge in [-0.15, -0.1) is 27.8 Å². The predicted octanol–water partition coefficient (Wildman–Crippen LogP) is 4.48. The molecule has 1 aromatic carbocycles. The predicted molar refractivity (Wildman–Crippen MR) is 146 cm³/mol. The third-order valence-electron chi connectivity index (χ3n) is 8.08. The number of fused-ring (bicyclic) bond motifs is 1. The van der Waals surface area contributed by atoms with Gasteiger partial charge >= 0.3 is 5.97 Å². The molecule has 0 atom stereocenters. The van der Waals surface area contributed by atoms with Crippen LogP contribution in [-0.2, 0) is 21.7 Å². The summed E-state index contributed by atoms with van der Waals surface area (Å²) in [5.41, 5.74) is 0.817. The molecule has 0 unspecified atom stereocenters. The first-order chi connectivity index (χ1) is 18.5. The number of rotatable bonds is 9. The van der Waals surface area contributed by atoms with Crippen molar-refractivity contribution < 1.29 is 19.4 Å². The third kappa shape index (κ3) is 4.70. The van der Waals surface area contributed by atoms with E-state index in [9.17, 15) is 14.7 Å². The number of piperidine rings is 1. The van der Waals surface area contributed by atoms with E-state index in [1.807, 2.05) is 33.6 Å². The minimum atomic E-state index is -1.74. The zero-order valence-corrected chi connectivity index (χ0v) is 22.6. The number of aliphatic hydroxyl groups is 1. The van der Waals surface area contributed by atoms with Gasteiger partial charge in [0.15, 0.2) is 0 Å². The summed E-state index contributed by atoms with van der Waals surface area (Å²) in [5, 5.41) is 23.6. The van der Waals surface area contributed by atoms with E-state index in [1.54, 1.807) is 24.3 Å². The lowest BCUT2D eigenvalue weighted by atomic mass is 9.61. The van der Waals surface area contributed by atoms with Gasteiger partial charge in [-0.25, -0.2) is 9.48 Å².